The summed E-state index contributed by atoms with van der Waals surface area (Å²) in [6, 6.07) is 21.3. The second-order valence-electron chi connectivity index (χ2n) is 8.08. The molecule has 2 heterocycles. The molecule has 0 unspecified atom stereocenters. The average molecular weight is 540 g/mol. The number of carbonyl (C=O) groups excluding carboxylic acids is 2. The van der Waals surface area contributed by atoms with Gasteiger partial charge < -0.3 is 26.6 Å². The minimum Gasteiger partial charge on any atom is -0.368 e. The zero-order valence-electron chi connectivity index (χ0n) is 19.8. The first-order chi connectivity index (χ1) is 17.1. The molecule has 3 aromatic carbocycles. The van der Waals surface area contributed by atoms with Crippen LogP contribution in [0.3, 0.4) is 0 Å². The lowest BCUT2D eigenvalue weighted by molar-refractivity contribution is 0.102. The Kier molecular flexibility index (Phi) is 9.48. The Morgan fingerprint density at radius 3 is 1.68 bits per heavy atom. The highest BCUT2D eigenvalue weighted by Crippen LogP contribution is 2.16. The molecule has 0 fully saturated rings. The molecule has 2 aliphatic heterocycles. The zero-order valence-corrected chi connectivity index (χ0v) is 21.4. The van der Waals surface area contributed by atoms with Crippen LogP contribution < -0.4 is 26.6 Å². The van der Waals surface area contributed by atoms with E-state index in [1.807, 2.05) is 48.5 Å². The second-order valence-corrected chi connectivity index (χ2v) is 8.08. The monoisotopic (exact) mass is 539 g/mol. The van der Waals surface area contributed by atoms with Gasteiger partial charge in [-0.15, -0.1) is 24.8 Å². The van der Waals surface area contributed by atoms with Gasteiger partial charge in [-0.2, -0.15) is 0 Å². The van der Waals surface area contributed by atoms with Gasteiger partial charge in [0.05, 0.1) is 13.1 Å². The van der Waals surface area contributed by atoms with E-state index in [2.05, 4.69) is 36.6 Å². The predicted octanol–water partition coefficient (Wildman–Crippen LogP) is 4.13. The highest BCUT2D eigenvalue weighted by Gasteiger charge is 2.12. The fraction of sp³-hybridized carbons (Fsp3) is 0.154. The highest BCUT2D eigenvalue weighted by molar-refractivity contribution is 6.07. The molecule has 192 valence electrons. The summed E-state index contributed by atoms with van der Waals surface area (Å²) in [6.45, 7) is 3.23. The smallest absolute Gasteiger partial charge is 0.323 e. The van der Waals surface area contributed by atoms with Gasteiger partial charge in [-0.05, 0) is 66.7 Å². The van der Waals surface area contributed by atoms with E-state index in [0.717, 1.165) is 49.0 Å². The van der Waals surface area contributed by atoms with E-state index in [4.69, 9.17) is 0 Å². The van der Waals surface area contributed by atoms with E-state index in [-0.39, 0.29) is 30.7 Å². The molecular weight excluding hydrogens is 513 g/mol. The number of rotatable bonds is 6. The number of amides is 3. The Morgan fingerprint density at radius 2 is 1.16 bits per heavy atom. The van der Waals surface area contributed by atoms with Crippen molar-refractivity contribution < 1.29 is 9.59 Å². The fourth-order valence-corrected chi connectivity index (χ4v) is 3.84. The van der Waals surface area contributed by atoms with Crippen molar-refractivity contribution in [1.82, 2.24) is 10.6 Å². The number of carbonyl (C=O) groups is 2. The average Bonchev–Trinajstić information content (AvgIpc) is 3.60. The van der Waals surface area contributed by atoms with Crippen LogP contribution >= 0.6 is 24.8 Å². The van der Waals surface area contributed by atoms with Crippen LogP contribution in [0.25, 0.3) is 0 Å². The molecule has 3 aromatic rings. The number of amidine groups is 2. The van der Waals surface area contributed by atoms with Crippen molar-refractivity contribution in [2.24, 2.45) is 9.98 Å². The van der Waals surface area contributed by atoms with Gasteiger partial charge in [0.25, 0.3) is 5.91 Å². The van der Waals surface area contributed by atoms with Crippen molar-refractivity contribution in [3.05, 3.63) is 89.5 Å². The van der Waals surface area contributed by atoms with Crippen molar-refractivity contribution in [2.45, 2.75) is 0 Å². The Labute approximate surface area is 227 Å². The third kappa shape index (κ3) is 6.99. The normalized spacial score (nSPS) is 13.5. The van der Waals surface area contributed by atoms with Crippen molar-refractivity contribution in [3.63, 3.8) is 0 Å². The lowest BCUT2D eigenvalue weighted by Gasteiger charge is -2.11. The third-order valence-corrected chi connectivity index (χ3v) is 5.56. The maximum Gasteiger partial charge on any atom is 0.323 e. The minimum absolute atomic E-state index is 0. The van der Waals surface area contributed by atoms with E-state index in [1.165, 1.54) is 0 Å². The second kappa shape index (κ2) is 12.8. The van der Waals surface area contributed by atoms with Crippen LogP contribution in [0.1, 0.15) is 21.5 Å². The summed E-state index contributed by atoms with van der Waals surface area (Å²) < 4.78 is 0. The van der Waals surface area contributed by atoms with Crippen molar-refractivity contribution in [1.29, 1.82) is 0 Å². The number of nitrogens with zero attached hydrogens (tertiary/aromatic N) is 2. The molecule has 0 aromatic heterocycles. The molecule has 0 atom stereocenters. The van der Waals surface area contributed by atoms with Gasteiger partial charge in [-0.3, -0.25) is 14.8 Å². The molecule has 5 rings (SSSR count). The zero-order chi connectivity index (χ0) is 24.0. The van der Waals surface area contributed by atoms with Gasteiger partial charge in [-0.25, -0.2) is 4.79 Å². The topological polar surface area (TPSA) is 119 Å². The van der Waals surface area contributed by atoms with Gasteiger partial charge in [0.2, 0.25) is 0 Å². The SMILES string of the molecule is Cl.Cl.O=C(Nc1ccc(C2=NCCN2)cc1)Nc1cccc(C(=O)Nc2ccc(C3=NCCN3)cc2)c1. The lowest BCUT2D eigenvalue weighted by Crippen LogP contribution is -2.21. The number of hydrogen-bond acceptors (Lipinski definition) is 6. The lowest BCUT2D eigenvalue weighted by atomic mass is 10.1. The molecule has 3 amide bonds. The Hall–Kier alpha value is -4.08. The summed E-state index contributed by atoms with van der Waals surface area (Å²) in [5, 5.41) is 14.9. The summed E-state index contributed by atoms with van der Waals surface area (Å²) in [5.74, 6) is 1.47. The van der Waals surface area contributed by atoms with Crippen LogP contribution in [0.4, 0.5) is 21.9 Å². The maximum absolute atomic E-state index is 12.7. The van der Waals surface area contributed by atoms with E-state index in [1.54, 1.807) is 24.3 Å². The number of hydrogen-bond donors (Lipinski definition) is 5. The van der Waals surface area contributed by atoms with Crippen molar-refractivity contribution in [2.75, 3.05) is 42.1 Å². The van der Waals surface area contributed by atoms with Gasteiger partial charge in [0, 0.05) is 46.8 Å². The van der Waals surface area contributed by atoms with Crippen LogP contribution in [-0.4, -0.2) is 49.8 Å². The third-order valence-electron chi connectivity index (χ3n) is 5.56. The van der Waals surface area contributed by atoms with Crippen LogP contribution in [0.5, 0.6) is 0 Å². The van der Waals surface area contributed by atoms with Crippen LogP contribution in [0, 0.1) is 0 Å². The Morgan fingerprint density at radius 1 is 0.649 bits per heavy atom. The van der Waals surface area contributed by atoms with E-state index in [9.17, 15) is 9.59 Å². The molecule has 2 aliphatic rings. The van der Waals surface area contributed by atoms with Gasteiger partial charge in [0.15, 0.2) is 0 Å². The number of halogens is 2. The quantitative estimate of drug-likeness (QED) is 0.323. The highest BCUT2D eigenvalue weighted by atomic mass is 35.5. The van der Waals surface area contributed by atoms with E-state index >= 15 is 0 Å². The van der Waals surface area contributed by atoms with Crippen LogP contribution in [-0.2, 0) is 0 Å². The summed E-state index contributed by atoms with van der Waals surface area (Å²) in [6.07, 6.45) is 0. The standard InChI is InChI=1S/C26H25N7O2.2ClH/c34-25(31-20-8-4-17(5-9-20)23-27-12-13-28-23)19-2-1-3-22(16-19)33-26(35)32-21-10-6-18(7-11-21)24-29-14-15-30-24;;/h1-11,16H,12-15H2,(H,27,28)(H,29,30)(H,31,34)(H2,32,33,35);2*1H. The fourth-order valence-electron chi connectivity index (χ4n) is 3.84. The van der Waals surface area contributed by atoms with E-state index < -0.39 is 6.03 Å². The number of nitrogens with one attached hydrogen (secondary N) is 5. The predicted molar refractivity (Wildman–Crippen MR) is 153 cm³/mol. The summed E-state index contributed by atoms with van der Waals surface area (Å²) in [7, 11) is 0. The Bertz CT molecular complexity index is 1310. The van der Waals surface area contributed by atoms with Crippen LogP contribution in [0.15, 0.2) is 82.8 Å². The molecule has 9 nitrogen and oxygen atoms in total. The number of benzene rings is 3. The molecule has 11 heteroatoms. The molecule has 0 aliphatic carbocycles. The maximum atomic E-state index is 12.7. The number of urea groups is 1. The number of anilines is 3. The molecule has 0 spiro atoms. The van der Waals surface area contributed by atoms with Crippen molar-refractivity contribution in [3.8, 4) is 0 Å². The minimum atomic E-state index is -0.398. The molecule has 0 saturated heterocycles. The summed E-state index contributed by atoms with van der Waals surface area (Å²) >= 11 is 0. The largest absolute Gasteiger partial charge is 0.368 e. The number of aliphatic imine (C=N–C) groups is 2. The first-order valence-corrected chi connectivity index (χ1v) is 11.4. The van der Waals surface area contributed by atoms with E-state index in [0.29, 0.717) is 22.6 Å². The molecule has 0 radical (unpaired) electrons. The Balaban J connectivity index is 0.00000190. The molecule has 0 bridgehead atoms. The summed E-state index contributed by atoms with van der Waals surface area (Å²) in [5.41, 5.74) is 4.23. The van der Waals surface area contributed by atoms with Crippen LogP contribution in [0.2, 0.25) is 0 Å². The molecule has 5 N–H and O–H groups in total. The molecule has 0 saturated carbocycles. The van der Waals surface area contributed by atoms with Gasteiger partial charge in [0.1, 0.15) is 11.7 Å². The first kappa shape index (κ1) is 27.5. The van der Waals surface area contributed by atoms with Gasteiger partial charge in [-0.1, -0.05) is 6.07 Å². The molecule has 37 heavy (non-hydrogen) atoms. The molecular formula is C26H27Cl2N7O2. The first-order valence-electron chi connectivity index (χ1n) is 11.4. The van der Waals surface area contributed by atoms with Gasteiger partial charge >= 0.3 is 6.03 Å². The summed E-state index contributed by atoms with van der Waals surface area (Å²) in [4.78, 5) is 34.0. The van der Waals surface area contributed by atoms with Crippen molar-refractivity contribution >= 4 is 65.5 Å².